The van der Waals surface area contributed by atoms with Gasteiger partial charge in [0.15, 0.2) is 10.9 Å². The lowest BCUT2D eigenvalue weighted by atomic mass is 10.1. The molecular weight excluding hydrogens is 250 g/mol. The molecule has 0 fully saturated rings. The predicted octanol–water partition coefficient (Wildman–Crippen LogP) is 1.12. The molecule has 0 bridgehead atoms. The molecule has 0 radical (unpaired) electrons. The Labute approximate surface area is 110 Å². The number of ketones is 2. The highest BCUT2D eigenvalue weighted by atomic mass is 32.1. The highest BCUT2D eigenvalue weighted by Gasteiger charge is 2.25. The topological polar surface area (TPSA) is 62.3 Å². The van der Waals surface area contributed by atoms with Crippen molar-refractivity contribution in [2.24, 2.45) is 0 Å². The van der Waals surface area contributed by atoms with E-state index >= 15 is 0 Å². The van der Waals surface area contributed by atoms with Gasteiger partial charge >= 0.3 is 0 Å². The van der Waals surface area contributed by atoms with Crippen LogP contribution in [0.4, 0.5) is 5.13 Å². The van der Waals surface area contributed by atoms with Crippen LogP contribution in [0.15, 0.2) is 12.2 Å². The quantitative estimate of drug-likeness (QED) is 0.808. The lowest BCUT2D eigenvalue weighted by molar-refractivity contribution is 0.0994. The van der Waals surface area contributed by atoms with E-state index in [0.29, 0.717) is 10.6 Å². The molecule has 5 nitrogen and oxygen atoms in total. The van der Waals surface area contributed by atoms with Crippen LogP contribution in [0, 0.1) is 0 Å². The van der Waals surface area contributed by atoms with E-state index < -0.39 is 0 Å². The molecule has 0 amide bonds. The van der Waals surface area contributed by atoms with Crippen LogP contribution in [0.3, 0.4) is 0 Å². The number of thiazole rings is 1. The van der Waals surface area contributed by atoms with E-state index in [1.54, 1.807) is 0 Å². The summed E-state index contributed by atoms with van der Waals surface area (Å²) < 4.78 is 0. The first-order valence-electron chi connectivity index (χ1n) is 5.76. The van der Waals surface area contributed by atoms with E-state index in [9.17, 15) is 9.59 Å². The Morgan fingerprint density at radius 3 is 2.72 bits per heavy atom. The molecule has 2 rings (SSSR count). The highest BCUT2D eigenvalue weighted by Crippen LogP contribution is 2.29. The van der Waals surface area contributed by atoms with Crippen molar-refractivity contribution in [3.8, 4) is 0 Å². The van der Waals surface area contributed by atoms with Gasteiger partial charge in [-0.15, -0.1) is 0 Å². The molecule has 18 heavy (non-hydrogen) atoms. The Bertz CT molecular complexity index is 472. The maximum absolute atomic E-state index is 11.6. The maximum atomic E-state index is 11.6. The first kappa shape index (κ1) is 12.9. The smallest absolute Gasteiger partial charge is 0.206 e. The lowest BCUT2D eigenvalue weighted by Crippen LogP contribution is -2.22. The molecule has 1 aliphatic rings. The van der Waals surface area contributed by atoms with E-state index in [1.165, 1.54) is 23.5 Å². The Balaban J connectivity index is 2.14. The zero-order valence-electron chi connectivity index (χ0n) is 10.4. The number of nitrogens with one attached hydrogen (secondary N) is 1. The van der Waals surface area contributed by atoms with Crippen LogP contribution in [0.2, 0.25) is 0 Å². The van der Waals surface area contributed by atoms with Crippen LogP contribution in [0.5, 0.6) is 0 Å². The van der Waals surface area contributed by atoms with Gasteiger partial charge in [0.1, 0.15) is 10.6 Å². The number of anilines is 1. The lowest BCUT2D eigenvalue weighted by Gasteiger charge is -2.14. The molecule has 1 aromatic heterocycles. The minimum absolute atomic E-state index is 0.128. The summed E-state index contributed by atoms with van der Waals surface area (Å²) in [4.78, 5) is 29.9. The number of carbonyl (C=O) groups is 2. The maximum Gasteiger partial charge on any atom is 0.206 e. The van der Waals surface area contributed by atoms with E-state index in [2.05, 4.69) is 10.3 Å². The largest absolute Gasteiger partial charge is 0.351 e. The SMILES string of the molecule is CNCCCN(C)c1nc2c(s1)C(=O)C=CC2=O. The van der Waals surface area contributed by atoms with Crippen LogP contribution in [0.1, 0.15) is 26.6 Å². The molecule has 0 atom stereocenters. The fourth-order valence-corrected chi connectivity index (χ4v) is 2.68. The van der Waals surface area contributed by atoms with Crippen molar-refractivity contribution in [3.63, 3.8) is 0 Å². The molecule has 1 N–H and O–H groups in total. The number of nitrogens with zero attached hydrogens (tertiary/aromatic N) is 2. The van der Waals surface area contributed by atoms with E-state index in [4.69, 9.17) is 0 Å². The van der Waals surface area contributed by atoms with E-state index in [0.717, 1.165) is 24.6 Å². The van der Waals surface area contributed by atoms with Crippen LogP contribution in [-0.4, -0.2) is 43.7 Å². The summed E-state index contributed by atoms with van der Waals surface area (Å²) in [6, 6.07) is 0. The summed E-state index contributed by atoms with van der Waals surface area (Å²) in [6.07, 6.45) is 3.58. The minimum atomic E-state index is -0.185. The molecule has 6 heteroatoms. The van der Waals surface area contributed by atoms with Gasteiger partial charge in [-0.1, -0.05) is 11.3 Å². The van der Waals surface area contributed by atoms with Crippen LogP contribution in [-0.2, 0) is 0 Å². The summed E-state index contributed by atoms with van der Waals surface area (Å²) in [5, 5.41) is 3.80. The molecule has 0 spiro atoms. The summed E-state index contributed by atoms with van der Waals surface area (Å²) in [7, 11) is 3.83. The van der Waals surface area contributed by atoms with Crippen LogP contribution >= 0.6 is 11.3 Å². The van der Waals surface area contributed by atoms with Crippen molar-refractivity contribution >= 4 is 28.0 Å². The highest BCUT2D eigenvalue weighted by molar-refractivity contribution is 7.18. The number of hydrogen-bond acceptors (Lipinski definition) is 6. The molecule has 0 aromatic carbocycles. The zero-order chi connectivity index (χ0) is 13.1. The second-order valence-corrected chi connectivity index (χ2v) is 5.09. The predicted molar refractivity (Wildman–Crippen MR) is 71.7 cm³/mol. The third-order valence-corrected chi connectivity index (χ3v) is 3.89. The molecule has 0 saturated carbocycles. The Morgan fingerprint density at radius 2 is 2.06 bits per heavy atom. The Hall–Kier alpha value is -1.53. The van der Waals surface area contributed by atoms with Crippen molar-refractivity contribution in [2.75, 3.05) is 32.1 Å². The molecule has 1 aromatic rings. The minimum Gasteiger partial charge on any atom is -0.351 e. The van der Waals surface area contributed by atoms with Gasteiger partial charge in [0.05, 0.1) is 0 Å². The summed E-state index contributed by atoms with van der Waals surface area (Å²) in [6.45, 7) is 1.76. The molecule has 0 saturated heterocycles. The second kappa shape index (κ2) is 5.41. The van der Waals surface area contributed by atoms with Crippen molar-refractivity contribution in [1.82, 2.24) is 10.3 Å². The molecule has 0 unspecified atom stereocenters. The molecule has 1 heterocycles. The van der Waals surface area contributed by atoms with Gasteiger partial charge < -0.3 is 10.2 Å². The van der Waals surface area contributed by atoms with Crippen LogP contribution < -0.4 is 10.2 Å². The zero-order valence-corrected chi connectivity index (χ0v) is 11.2. The van der Waals surface area contributed by atoms with Crippen molar-refractivity contribution < 1.29 is 9.59 Å². The van der Waals surface area contributed by atoms with Gasteiger partial charge in [-0.05, 0) is 32.2 Å². The van der Waals surface area contributed by atoms with Gasteiger partial charge in [-0.2, -0.15) is 0 Å². The van der Waals surface area contributed by atoms with Crippen molar-refractivity contribution in [2.45, 2.75) is 6.42 Å². The Morgan fingerprint density at radius 1 is 1.33 bits per heavy atom. The first-order chi connectivity index (χ1) is 8.63. The molecule has 0 aliphatic heterocycles. The first-order valence-corrected chi connectivity index (χ1v) is 6.58. The van der Waals surface area contributed by atoms with Crippen molar-refractivity contribution in [1.29, 1.82) is 0 Å². The fourth-order valence-electron chi connectivity index (χ4n) is 1.70. The fraction of sp³-hybridized carbons (Fsp3) is 0.417. The number of carbonyl (C=O) groups excluding carboxylic acids is 2. The summed E-state index contributed by atoms with van der Waals surface area (Å²) in [5.74, 6) is -0.312. The molecule has 1 aliphatic carbocycles. The number of rotatable bonds is 5. The third-order valence-electron chi connectivity index (χ3n) is 2.71. The van der Waals surface area contributed by atoms with Gasteiger partial charge in [0.25, 0.3) is 0 Å². The van der Waals surface area contributed by atoms with Crippen LogP contribution in [0.25, 0.3) is 0 Å². The van der Waals surface area contributed by atoms with E-state index in [1.807, 2.05) is 19.0 Å². The Kier molecular flexibility index (Phi) is 3.88. The normalized spacial score (nSPS) is 13.9. The van der Waals surface area contributed by atoms with E-state index in [-0.39, 0.29) is 11.6 Å². The molecule has 96 valence electrons. The average molecular weight is 265 g/mol. The number of allylic oxidation sites excluding steroid dienone is 2. The van der Waals surface area contributed by atoms with Gasteiger partial charge in [-0.3, -0.25) is 9.59 Å². The number of hydrogen-bond donors (Lipinski definition) is 1. The average Bonchev–Trinajstić information content (AvgIpc) is 2.80. The number of aromatic nitrogens is 1. The molecular formula is C12H15N3O2S. The second-order valence-electron chi connectivity index (χ2n) is 4.11. The van der Waals surface area contributed by atoms with Gasteiger partial charge in [0, 0.05) is 13.6 Å². The summed E-state index contributed by atoms with van der Waals surface area (Å²) in [5.41, 5.74) is 0.294. The number of fused-ring (bicyclic) bond motifs is 1. The van der Waals surface area contributed by atoms with Crippen molar-refractivity contribution in [3.05, 3.63) is 22.7 Å². The summed E-state index contributed by atoms with van der Waals surface area (Å²) >= 11 is 1.29. The monoisotopic (exact) mass is 265 g/mol. The standard InChI is InChI=1S/C12H15N3O2S/c1-13-6-3-7-15(2)12-14-10-8(16)4-5-9(17)11(10)18-12/h4-5,13H,3,6-7H2,1-2H3. The third kappa shape index (κ3) is 2.49. The van der Waals surface area contributed by atoms with Gasteiger partial charge in [0.2, 0.25) is 5.78 Å². The van der Waals surface area contributed by atoms with Gasteiger partial charge in [-0.25, -0.2) is 4.98 Å².